The van der Waals surface area contributed by atoms with Gasteiger partial charge in [-0.25, -0.2) is 16.8 Å². The minimum absolute atomic E-state index is 0. The molecule has 0 spiro atoms. The van der Waals surface area contributed by atoms with Gasteiger partial charge in [0.15, 0.2) is 0 Å². The van der Waals surface area contributed by atoms with Crippen LogP contribution in [0, 0.1) is 0 Å². The van der Waals surface area contributed by atoms with Crippen LogP contribution in [-0.2, 0) is 20.2 Å². The van der Waals surface area contributed by atoms with E-state index < -0.39 is 25.0 Å². The summed E-state index contributed by atoms with van der Waals surface area (Å²) in [6.45, 7) is 0. The standard InChI is InChI=1S/CH4O7S2.2Na/c2-1(9(3,4)5)10(6,7)8;;/h1-2H,(H,3,4,5)(H,6,7,8);;/q;2*+1/p-2. The molecule has 0 aromatic rings. The fourth-order valence-corrected chi connectivity index (χ4v) is 1.30. The van der Waals surface area contributed by atoms with Gasteiger partial charge in [0.2, 0.25) is 4.77 Å². The summed E-state index contributed by atoms with van der Waals surface area (Å²) in [5, 5.41) is 7.92. The average molecular weight is 236 g/mol. The Kier molecular flexibility index (Phi) is 10.2. The maximum atomic E-state index is 9.59. The Balaban J connectivity index is -0.000000405. The quantitative estimate of drug-likeness (QED) is 0.371. The van der Waals surface area contributed by atoms with Crippen molar-refractivity contribution in [2.75, 3.05) is 0 Å². The third-order valence-electron chi connectivity index (χ3n) is 0.494. The summed E-state index contributed by atoms with van der Waals surface area (Å²) in [4.78, 5) is 0. The van der Waals surface area contributed by atoms with E-state index in [2.05, 4.69) is 0 Å². The van der Waals surface area contributed by atoms with E-state index in [9.17, 15) is 25.9 Å². The Morgan fingerprint density at radius 1 is 0.917 bits per heavy atom. The number of hydrogen-bond acceptors (Lipinski definition) is 7. The van der Waals surface area contributed by atoms with E-state index in [-0.39, 0.29) is 59.1 Å². The molecule has 11 heteroatoms. The van der Waals surface area contributed by atoms with Crippen LogP contribution in [0.3, 0.4) is 0 Å². The third kappa shape index (κ3) is 7.21. The fraction of sp³-hybridized carbons (Fsp3) is 1.00. The van der Waals surface area contributed by atoms with Crippen molar-refractivity contribution in [2.45, 2.75) is 4.77 Å². The Morgan fingerprint density at radius 3 is 1.08 bits per heavy atom. The van der Waals surface area contributed by atoms with Gasteiger partial charge in [0, 0.05) is 0 Å². The van der Waals surface area contributed by atoms with Crippen molar-refractivity contribution >= 4 is 20.2 Å². The zero-order chi connectivity index (χ0) is 8.58. The monoisotopic (exact) mass is 236 g/mol. The minimum atomic E-state index is -5.46. The van der Waals surface area contributed by atoms with E-state index in [0.29, 0.717) is 0 Å². The zero-order valence-corrected chi connectivity index (χ0v) is 11.9. The summed E-state index contributed by atoms with van der Waals surface area (Å²) in [7, 11) is -10.9. The van der Waals surface area contributed by atoms with E-state index in [1.807, 2.05) is 0 Å². The summed E-state index contributed by atoms with van der Waals surface area (Å²) in [5.74, 6) is 0. The second kappa shape index (κ2) is 6.30. The topological polar surface area (TPSA) is 135 Å². The largest absolute Gasteiger partial charge is 1.00 e. The molecule has 0 aliphatic carbocycles. The fourth-order valence-electron chi connectivity index (χ4n) is 0.144. The van der Waals surface area contributed by atoms with Crippen molar-refractivity contribution in [3.05, 3.63) is 0 Å². The first-order chi connectivity index (χ1) is 4.15. The zero-order valence-electron chi connectivity index (χ0n) is 6.29. The first kappa shape index (κ1) is 19.4. The molecule has 0 fully saturated rings. The molecule has 0 saturated heterocycles. The van der Waals surface area contributed by atoms with Gasteiger partial charge in [0.25, 0.3) is 0 Å². The second-order valence-electron chi connectivity index (χ2n) is 1.29. The van der Waals surface area contributed by atoms with Gasteiger partial charge in [-0.05, 0) is 0 Å². The SMILES string of the molecule is O=S(=O)([O-])C(O)S(=O)(=O)[O-].[Na+].[Na+]. The van der Waals surface area contributed by atoms with Crippen LogP contribution in [0.5, 0.6) is 0 Å². The molecule has 0 aliphatic heterocycles. The van der Waals surface area contributed by atoms with Crippen LogP contribution in [0.15, 0.2) is 0 Å². The summed E-state index contributed by atoms with van der Waals surface area (Å²) >= 11 is 0. The Hall–Kier alpha value is 1.78. The molecular weight excluding hydrogens is 234 g/mol. The summed E-state index contributed by atoms with van der Waals surface area (Å²) < 4.78 is 54.2. The van der Waals surface area contributed by atoms with Crippen molar-refractivity contribution in [1.82, 2.24) is 0 Å². The molecule has 0 bridgehead atoms. The number of aliphatic hydroxyl groups excluding tert-OH is 1. The van der Waals surface area contributed by atoms with E-state index in [0.717, 1.165) is 0 Å². The maximum absolute atomic E-state index is 9.59. The van der Waals surface area contributed by atoms with Crippen molar-refractivity contribution in [1.29, 1.82) is 0 Å². The first-order valence-electron chi connectivity index (χ1n) is 1.73. The first-order valence-corrected chi connectivity index (χ1v) is 4.67. The summed E-state index contributed by atoms with van der Waals surface area (Å²) in [6.07, 6.45) is 0. The molecular formula is CH2Na2O7S2. The molecule has 0 aromatic heterocycles. The molecule has 12 heavy (non-hydrogen) atoms. The Labute approximate surface area is 114 Å². The van der Waals surface area contributed by atoms with Gasteiger partial charge in [-0.1, -0.05) is 0 Å². The third-order valence-corrected chi connectivity index (χ3v) is 2.90. The molecule has 0 aliphatic rings. The van der Waals surface area contributed by atoms with Gasteiger partial charge >= 0.3 is 59.1 Å². The Morgan fingerprint density at radius 2 is 1.08 bits per heavy atom. The summed E-state index contributed by atoms with van der Waals surface area (Å²) in [6, 6.07) is 0. The predicted molar refractivity (Wildman–Crippen MR) is 25.4 cm³/mol. The van der Waals surface area contributed by atoms with E-state index in [4.69, 9.17) is 5.11 Å². The second-order valence-corrected chi connectivity index (χ2v) is 4.46. The van der Waals surface area contributed by atoms with Gasteiger partial charge in [-0.15, -0.1) is 0 Å². The molecule has 0 heterocycles. The van der Waals surface area contributed by atoms with Crippen LogP contribution >= 0.6 is 0 Å². The number of aliphatic hydroxyl groups is 1. The molecule has 1 N–H and O–H groups in total. The molecule has 0 unspecified atom stereocenters. The molecule has 0 rings (SSSR count). The van der Waals surface area contributed by atoms with Crippen molar-refractivity contribution in [3.63, 3.8) is 0 Å². The van der Waals surface area contributed by atoms with E-state index in [1.165, 1.54) is 0 Å². The van der Waals surface area contributed by atoms with Crippen molar-refractivity contribution < 1.29 is 90.2 Å². The molecule has 0 atom stereocenters. The summed E-state index contributed by atoms with van der Waals surface area (Å²) in [5.41, 5.74) is 0. The van der Waals surface area contributed by atoms with Crippen LogP contribution in [0.25, 0.3) is 0 Å². The average Bonchev–Trinajstić information content (AvgIpc) is 1.59. The van der Waals surface area contributed by atoms with Gasteiger partial charge in [0.1, 0.15) is 20.2 Å². The number of rotatable bonds is 2. The minimum Gasteiger partial charge on any atom is -0.745 e. The smallest absolute Gasteiger partial charge is 0.745 e. The molecule has 62 valence electrons. The predicted octanol–water partition coefficient (Wildman–Crippen LogP) is -8.64. The van der Waals surface area contributed by atoms with E-state index in [1.54, 1.807) is 0 Å². The van der Waals surface area contributed by atoms with Crippen molar-refractivity contribution in [3.8, 4) is 0 Å². The maximum Gasteiger partial charge on any atom is 1.00 e. The van der Waals surface area contributed by atoms with Gasteiger partial charge in [-0.3, -0.25) is 0 Å². The molecule has 0 aromatic carbocycles. The van der Waals surface area contributed by atoms with Gasteiger partial charge in [0.05, 0.1) is 0 Å². The Bertz CT molecular complexity index is 268. The van der Waals surface area contributed by atoms with Gasteiger partial charge < -0.3 is 14.2 Å². The van der Waals surface area contributed by atoms with Gasteiger partial charge in [-0.2, -0.15) is 0 Å². The molecule has 0 radical (unpaired) electrons. The van der Waals surface area contributed by atoms with Crippen LogP contribution in [0.2, 0.25) is 0 Å². The normalized spacial score (nSPS) is 11.7. The van der Waals surface area contributed by atoms with Crippen LogP contribution < -0.4 is 59.1 Å². The van der Waals surface area contributed by atoms with Crippen LogP contribution in [-0.4, -0.2) is 35.8 Å². The molecule has 0 amide bonds. The van der Waals surface area contributed by atoms with Crippen LogP contribution in [0.4, 0.5) is 0 Å². The molecule has 7 nitrogen and oxygen atoms in total. The van der Waals surface area contributed by atoms with Crippen molar-refractivity contribution in [2.24, 2.45) is 0 Å². The van der Waals surface area contributed by atoms with E-state index >= 15 is 0 Å². The number of hydrogen-bond donors (Lipinski definition) is 1. The van der Waals surface area contributed by atoms with Crippen LogP contribution in [0.1, 0.15) is 0 Å². The molecule has 0 saturated carbocycles.